The van der Waals surface area contributed by atoms with E-state index in [2.05, 4.69) is 0 Å². The normalized spacial score (nSPS) is 10.4. The number of anilines is 1. The number of hydrogen-bond donors (Lipinski definition) is 2. The van der Waals surface area contributed by atoms with E-state index in [1.54, 1.807) is 47.4 Å². The summed E-state index contributed by atoms with van der Waals surface area (Å²) in [4.78, 5) is 25.6. The molecule has 0 aliphatic rings. The molecule has 0 saturated heterocycles. The number of rotatable bonds is 7. The van der Waals surface area contributed by atoms with Crippen LogP contribution in [0.4, 0.5) is 5.69 Å². The van der Waals surface area contributed by atoms with Crippen LogP contribution in [0.2, 0.25) is 0 Å². The molecule has 5 heteroatoms. The Balaban J connectivity index is 1.85. The van der Waals surface area contributed by atoms with E-state index >= 15 is 0 Å². The smallest absolute Gasteiger partial charge is 0.323 e. The highest BCUT2D eigenvalue weighted by molar-refractivity contribution is 6.09. The first-order valence-electron chi connectivity index (χ1n) is 8.47. The van der Waals surface area contributed by atoms with Crippen molar-refractivity contribution in [2.75, 3.05) is 11.4 Å². The Labute approximate surface area is 157 Å². The van der Waals surface area contributed by atoms with E-state index in [0.29, 0.717) is 23.4 Å². The number of hydrogen-bond acceptors (Lipinski definition) is 4. The van der Waals surface area contributed by atoms with Crippen LogP contribution < -0.4 is 4.90 Å². The predicted molar refractivity (Wildman–Crippen MR) is 103 cm³/mol. The molecule has 2 N–H and O–H groups in total. The summed E-state index contributed by atoms with van der Waals surface area (Å²) in [6.45, 7) is 0.134. The van der Waals surface area contributed by atoms with Gasteiger partial charge in [0, 0.05) is 23.4 Å². The van der Waals surface area contributed by atoms with Crippen LogP contribution in [0.15, 0.2) is 78.9 Å². The molecule has 0 unspecified atom stereocenters. The zero-order valence-electron chi connectivity index (χ0n) is 14.6. The molecule has 0 saturated carbocycles. The van der Waals surface area contributed by atoms with E-state index in [1.165, 1.54) is 12.1 Å². The van der Waals surface area contributed by atoms with Crippen LogP contribution in [0.3, 0.4) is 0 Å². The molecule has 3 aromatic carbocycles. The summed E-state index contributed by atoms with van der Waals surface area (Å²) >= 11 is 0. The summed E-state index contributed by atoms with van der Waals surface area (Å²) < 4.78 is 0. The van der Waals surface area contributed by atoms with Gasteiger partial charge < -0.3 is 15.1 Å². The molecule has 5 nitrogen and oxygen atoms in total. The molecule has 3 aromatic rings. The van der Waals surface area contributed by atoms with E-state index in [9.17, 15) is 19.8 Å². The Hall–Kier alpha value is -3.60. The van der Waals surface area contributed by atoms with Crippen LogP contribution in [0.5, 0.6) is 5.75 Å². The Morgan fingerprint density at radius 1 is 0.815 bits per heavy atom. The maximum atomic E-state index is 12.6. The number of carboxylic acid groups (broad SMARTS) is 1. The Bertz CT molecular complexity index is 936. The third kappa shape index (κ3) is 4.73. The van der Waals surface area contributed by atoms with Crippen LogP contribution in [0.25, 0.3) is 0 Å². The minimum Gasteiger partial charge on any atom is -0.508 e. The van der Waals surface area contributed by atoms with Gasteiger partial charge in [-0.3, -0.25) is 9.59 Å². The van der Waals surface area contributed by atoms with Crippen molar-refractivity contribution >= 4 is 17.4 Å². The first kappa shape index (κ1) is 18.2. The van der Waals surface area contributed by atoms with Crippen LogP contribution in [-0.4, -0.2) is 28.5 Å². The first-order valence-corrected chi connectivity index (χ1v) is 8.47. The molecule has 0 amide bonds. The van der Waals surface area contributed by atoms with Crippen LogP contribution in [0.1, 0.15) is 21.5 Å². The maximum absolute atomic E-state index is 12.6. The highest BCUT2D eigenvalue weighted by Crippen LogP contribution is 2.21. The van der Waals surface area contributed by atoms with Crippen molar-refractivity contribution in [3.63, 3.8) is 0 Å². The highest BCUT2D eigenvalue weighted by Gasteiger charge is 2.14. The van der Waals surface area contributed by atoms with Gasteiger partial charge in [0.2, 0.25) is 0 Å². The summed E-state index contributed by atoms with van der Waals surface area (Å²) in [7, 11) is 0. The van der Waals surface area contributed by atoms with E-state index < -0.39 is 5.97 Å². The summed E-state index contributed by atoms with van der Waals surface area (Å²) in [5, 5.41) is 18.7. The molecule has 0 aliphatic carbocycles. The first-order chi connectivity index (χ1) is 13.0. The van der Waals surface area contributed by atoms with Crippen LogP contribution in [0, 0.1) is 0 Å². The molecule has 27 heavy (non-hydrogen) atoms. The topological polar surface area (TPSA) is 77.8 Å². The summed E-state index contributed by atoms with van der Waals surface area (Å²) in [5.74, 6) is -0.920. The van der Waals surface area contributed by atoms with Gasteiger partial charge in [0.15, 0.2) is 5.78 Å². The lowest BCUT2D eigenvalue weighted by molar-refractivity contribution is -0.135. The van der Waals surface area contributed by atoms with Gasteiger partial charge in [-0.1, -0.05) is 48.5 Å². The summed E-state index contributed by atoms with van der Waals surface area (Å²) in [6.07, 6.45) is 0. The second-order valence-electron chi connectivity index (χ2n) is 6.16. The number of phenolic OH excluding ortho intramolecular Hbond substituents is 1. The Morgan fingerprint density at radius 3 is 2.15 bits per heavy atom. The second kappa shape index (κ2) is 8.19. The third-order valence-corrected chi connectivity index (χ3v) is 4.14. The van der Waals surface area contributed by atoms with Gasteiger partial charge in [0.1, 0.15) is 12.3 Å². The van der Waals surface area contributed by atoms with E-state index in [4.69, 9.17) is 0 Å². The number of aliphatic carboxylic acids is 1. The molecule has 0 bridgehead atoms. The summed E-state index contributed by atoms with van der Waals surface area (Å²) in [6, 6.07) is 22.6. The fourth-order valence-electron chi connectivity index (χ4n) is 2.85. The monoisotopic (exact) mass is 361 g/mol. The van der Waals surface area contributed by atoms with Gasteiger partial charge in [0.05, 0.1) is 0 Å². The van der Waals surface area contributed by atoms with E-state index in [0.717, 1.165) is 5.56 Å². The molecule has 3 rings (SSSR count). The van der Waals surface area contributed by atoms with Crippen molar-refractivity contribution in [3.8, 4) is 5.75 Å². The average molecular weight is 361 g/mol. The zero-order valence-corrected chi connectivity index (χ0v) is 14.6. The SMILES string of the molecule is O=C(O)CN(Cc1cccc(C(=O)c2ccccc2)c1)c1ccc(O)cc1. The van der Waals surface area contributed by atoms with E-state index in [1.807, 2.05) is 24.3 Å². The Morgan fingerprint density at radius 2 is 1.48 bits per heavy atom. The van der Waals surface area contributed by atoms with Crippen molar-refractivity contribution < 1.29 is 19.8 Å². The highest BCUT2D eigenvalue weighted by atomic mass is 16.4. The molecular weight excluding hydrogens is 342 g/mol. The number of carbonyl (C=O) groups excluding carboxylic acids is 1. The lowest BCUT2D eigenvalue weighted by atomic mass is 10.0. The predicted octanol–water partition coefficient (Wildman–Crippen LogP) is 3.71. The van der Waals surface area contributed by atoms with Gasteiger partial charge in [-0.05, 0) is 35.9 Å². The Kier molecular flexibility index (Phi) is 5.52. The second-order valence-corrected chi connectivity index (χ2v) is 6.16. The number of phenols is 1. The van der Waals surface area contributed by atoms with Gasteiger partial charge >= 0.3 is 5.97 Å². The molecule has 0 aliphatic heterocycles. The standard InChI is InChI=1S/C22H19NO4/c24-20-11-9-19(10-12-20)23(15-21(25)26)14-16-5-4-8-18(13-16)22(27)17-6-2-1-3-7-17/h1-13,24H,14-15H2,(H,25,26). The molecule has 0 atom stereocenters. The molecule has 0 aromatic heterocycles. The van der Waals surface area contributed by atoms with Crippen LogP contribution >= 0.6 is 0 Å². The number of aromatic hydroxyl groups is 1. The quantitative estimate of drug-likeness (QED) is 0.627. The van der Waals surface area contributed by atoms with Crippen LogP contribution in [-0.2, 0) is 11.3 Å². The van der Waals surface area contributed by atoms with Crippen molar-refractivity contribution in [2.45, 2.75) is 6.54 Å². The minimum absolute atomic E-state index is 0.0770. The largest absolute Gasteiger partial charge is 0.508 e. The zero-order chi connectivity index (χ0) is 19.2. The van der Waals surface area contributed by atoms with Crippen molar-refractivity contribution in [1.82, 2.24) is 0 Å². The number of carbonyl (C=O) groups is 2. The van der Waals surface area contributed by atoms with Crippen molar-refractivity contribution in [2.24, 2.45) is 0 Å². The molecular formula is C22H19NO4. The maximum Gasteiger partial charge on any atom is 0.323 e. The molecule has 136 valence electrons. The van der Waals surface area contributed by atoms with Crippen molar-refractivity contribution in [3.05, 3.63) is 95.6 Å². The van der Waals surface area contributed by atoms with Crippen molar-refractivity contribution in [1.29, 1.82) is 0 Å². The van der Waals surface area contributed by atoms with Gasteiger partial charge in [0.25, 0.3) is 0 Å². The lowest BCUT2D eigenvalue weighted by Crippen LogP contribution is -2.29. The minimum atomic E-state index is -0.959. The number of ketones is 1. The van der Waals surface area contributed by atoms with Gasteiger partial charge in [-0.25, -0.2) is 0 Å². The average Bonchev–Trinajstić information content (AvgIpc) is 2.68. The molecule has 0 spiro atoms. The third-order valence-electron chi connectivity index (χ3n) is 4.14. The van der Waals surface area contributed by atoms with Gasteiger partial charge in [-0.2, -0.15) is 0 Å². The van der Waals surface area contributed by atoms with Gasteiger partial charge in [-0.15, -0.1) is 0 Å². The fraction of sp³-hybridized carbons (Fsp3) is 0.0909. The molecule has 0 fully saturated rings. The van der Waals surface area contributed by atoms with E-state index in [-0.39, 0.29) is 18.1 Å². The number of benzene rings is 3. The lowest BCUT2D eigenvalue weighted by Gasteiger charge is -2.23. The number of carboxylic acids is 1. The summed E-state index contributed by atoms with van der Waals surface area (Å²) in [5.41, 5.74) is 2.66. The molecule has 0 radical (unpaired) electrons. The number of nitrogens with zero attached hydrogens (tertiary/aromatic N) is 1. The molecule has 0 heterocycles. The fourth-order valence-corrected chi connectivity index (χ4v) is 2.85.